The Morgan fingerprint density at radius 2 is 1.67 bits per heavy atom. The average molecular weight is 191 g/mol. The molecule has 72 valence electrons. The first-order valence-corrected chi connectivity index (χ1v) is 6.35. The van der Waals surface area contributed by atoms with E-state index < -0.39 is 9.84 Å². The zero-order valence-electron chi connectivity index (χ0n) is 7.71. The second-order valence-electron chi connectivity index (χ2n) is 3.59. The molecule has 1 aliphatic carbocycles. The number of nitrogens with one attached hydrogen (secondary N) is 1. The molecule has 0 aromatic heterocycles. The van der Waals surface area contributed by atoms with E-state index in [-0.39, 0.29) is 5.25 Å². The molecule has 0 aromatic carbocycles. The standard InChI is InChI=1S/C8H17NO2S/c1-9-7-3-5-8(6-4-7)12(2,10)11/h7-9H,3-6H2,1-2H3/t7-,8-. The van der Waals surface area contributed by atoms with Gasteiger partial charge in [0, 0.05) is 12.3 Å². The molecule has 0 atom stereocenters. The maximum Gasteiger partial charge on any atom is 0.150 e. The molecule has 1 rings (SSSR count). The molecule has 0 radical (unpaired) electrons. The summed E-state index contributed by atoms with van der Waals surface area (Å²) in [6, 6.07) is 0.531. The van der Waals surface area contributed by atoms with Crippen LogP contribution in [0.3, 0.4) is 0 Å². The molecule has 4 heteroatoms. The van der Waals surface area contributed by atoms with Crippen molar-refractivity contribution in [1.29, 1.82) is 0 Å². The van der Waals surface area contributed by atoms with Crippen molar-refractivity contribution in [1.82, 2.24) is 5.32 Å². The fourth-order valence-electron chi connectivity index (χ4n) is 1.78. The van der Waals surface area contributed by atoms with Gasteiger partial charge in [-0.25, -0.2) is 8.42 Å². The molecule has 0 amide bonds. The van der Waals surface area contributed by atoms with Crippen LogP contribution >= 0.6 is 0 Å². The molecule has 1 saturated carbocycles. The largest absolute Gasteiger partial charge is 0.317 e. The molecular weight excluding hydrogens is 174 g/mol. The third-order valence-electron chi connectivity index (χ3n) is 2.69. The first-order chi connectivity index (χ1) is 5.54. The fourth-order valence-corrected chi connectivity index (χ4v) is 2.91. The normalized spacial score (nSPS) is 31.8. The van der Waals surface area contributed by atoms with E-state index in [2.05, 4.69) is 5.32 Å². The molecule has 1 aliphatic rings. The minimum absolute atomic E-state index is 0.0814. The molecule has 0 heterocycles. The lowest BCUT2D eigenvalue weighted by molar-refractivity contribution is 0.392. The van der Waals surface area contributed by atoms with Crippen LogP contribution in [0.4, 0.5) is 0 Å². The highest BCUT2D eigenvalue weighted by Gasteiger charge is 2.26. The van der Waals surface area contributed by atoms with E-state index in [0.29, 0.717) is 6.04 Å². The van der Waals surface area contributed by atoms with Gasteiger partial charge < -0.3 is 5.32 Å². The molecular formula is C8H17NO2S. The van der Waals surface area contributed by atoms with Crippen molar-refractivity contribution in [2.45, 2.75) is 37.0 Å². The Morgan fingerprint density at radius 3 is 2.00 bits per heavy atom. The van der Waals surface area contributed by atoms with E-state index in [1.807, 2.05) is 7.05 Å². The molecule has 0 saturated heterocycles. The number of sulfone groups is 1. The van der Waals surface area contributed by atoms with Crippen LogP contribution in [0.25, 0.3) is 0 Å². The summed E-state index contributed by atoms with van der Waals surface area (Å²) in [5.74, 6) is 0. The van der Waals surface area contributed by atoms with E-state index in [0.717, 1.165) is 25.7 Å². The summed E-state index contributed by atoms with van der Waals surface area (Å²) in [6.07, 6.45) is 4.98. The number of hydrogen-bond acceptors (Lipinski definition) is 3. The van der Waals surface area contributed by atoms with Gasteiger partial charge in [0.1, 0.15) is 9.84 Å². The van der Waals surface area contributed by atoms with Crippen molar-refractivity contribution in [3.63, 3.8) is 0 Å². The Labute approximate surface area is 74.5 Å². The van der Waals surface area contributed by atoms with E-state index in [1.54, 1.807) is 0 Å². The monoisotopic (exact) mass is 191 g/mol. The Hall–Kier alpha value is -0.0900. The summed E-state index contributed by atoms with van der Waals surface area (Å²) in [7, 11) is -0.849. The van der Waals surface area contributed by atoms with Crippen LogP contribution in [0.5, 0.6) is 0 Å². The Morgan fingerprint density at radius 1 is 1.17 bits per heavy atom. The molecule has 1 fully saturated rings. The summed E-state index contributed by atoms with van der Waals surface area (Å²) in [5.41, 5.74) is 0. The second kappa shape index (κ2) is 3.75. The van der Waals surface area contributed by atoms with Crippen molar-refractivity contribution in [2.24, 2.45) is 0 Å². The smallest absolute Gasteiger partial charge is 0.150 e. The number of rotatable bonds is 2. The van der Waals surface area contributed by atoms with Crippen LogP contribution in [0.2, 0.25) is 0 Å². The quantitative estimate of drug-likeness (QED) is 0.694. The summed E-state index contributed by atoms with van der Waals surface area (Å²) >= 11 is 0. The highest BCUT2D eigenvalue weighted by Crippen LogP contribution is 2.23. The SMILES string of the molecule is CN[C@H]1CC[C@H](S(C)(=O)=O)CC1. The predicted molar refractivity (Wildman–Crippen MR) is 49.9 cm³/mol. The Kier molecular flexibility index (Phi) is 3.12. The van der Waals surface area contributed by atoms with Gasteiger partial charge in [-0.1, -0.05) is 0 Å². The first-order valence-electron chi connectivity index (χ1n) is 4.40. The fraction of sp³-hybridized carbons (Fsp3) is 1.00. The van der Waals surface area contributed by atoms with Gasteiger partial charge in [-0.2, -0.15) is 0 Å². The van der Waals surface area contributed by atoms with Gasteiger partial charge in [-0.15, -0.1) is 0 Å². The molecule has 0 aromatic rings. The van der Waals surface area contributed by atoms with Gasteiger partial charge in [-0.3, -0.25) is 0 Å². The zero-order valence-corrected chi connectivity index (χ0v) is 8.52. The lowest BCUT2D eigenvalue weighted by Gasteiger charge is -2.26. The van der Waals surface area contributed by atoms with Crippen LogP contribution in [0.15, 0.2) is 0 Å². The Bertz CT molecular complexity index is 227. The van der Waals surface area contributed by atoms with E-state index in [4.69, 9.17) is 0 Å². The molecule has 3 nitrogen and oxygen atoms in total. The van der Waals surface area contributed by atoms with Crippen LogP contribution in [0.1, 0.15) is 25.7 Å². The maximum absolute atomic E-state index is 11.2. The summed E-state index contributed by atoms with van der Waals surface area (Å²) in [4.78, 5) is 0. The first kappa shape index (κ1) is 9.99. The third kappa shape index (κ3) is 2.45. The summed E-state index contributed by atoms with van der Waals surface area (Å²) in [6.45, 7) is 0. The van der Waals surface area contributed by atoms with Gasteiger partial charge in [0.25, 0.3) is 0 Å². The molecule has 12 heavy (non-hydrogen) atoms. The van der Waals surface area contributed by atoms with E-state index >= 15 is 0 Å². The molecule has 0 bridgehead atoms. The highest BCUT2D eigenvalue weighted by molar-refractivity contribution is 7.91. The molecule has 0 spiro atoms. The van der Waals surface area contributed by atoms with Crippen LogP contribution < -0.4 is 5.32 Å². The van der Waals surface area contributed by atoms with Gasteiger partial charge >= 0.3 is 0 Å². The van der Waals surface area contributed by atoms with Crippen molar-refractivity contribution < 1.29 is 8.42 Å². The lowest BCUT2D eigenvalue weighted by Crippen LogP contribution is -2.34. The summed E-state index contributed by atoms with van der Waals surface area (Å²) < 4.78 is 22.3. The van der Waals surface area contributed by atoms with E-state index in [1.165, 1.54) is 6.26 Å². The highest BCUT2D eigenvalue weighted by atomic mass is 32.2. The van der Waals surface area contributed by atoms with Gasteiger partial charge in [0.15, 0.2) is 0 Å². The van der Waals surface area contributed by atoms with Crippen LogP contribution in [0, 0.1) is 0 Å². The van der Waals surface area contributed by atoms with Crippen LogP contribution in [-0.2, 0) is 9.84 Å². The predicted octanol–water partition coefficient (Wildman–Crippen LogP) is 0.562. The topological polar surface area (TPSA) is 46.2 Å². The average Bonchev–Trinajstić information content (AvgIpc) is 2.03. The summed E-state index contributed by atoms with van der Waals surface area (Å²) in [5, 5.41) is 3.10. The Balaban J connectivity index is 2.47. The van der Waals surface area contributed by atoms with E-state index in [9.17, 15) is 8.42 Å². The maximum atomic E-state index is 11.2. The van der Waals surface area contributed by atoms with Gasteiger partial charge in [-0.05, 0) is 32.7 Å². The molecule has 0 unspecified atom stereocenters. The van der Waals surface area contributed by atoms with Crippen molar-refractivity contribution in [3.8, 4) is 0 Å². The number of hydrogen-bond donors (Lipinski definition) is 1. The van der Waals surface area contributed by atoms with Gasteiger partial charge in [0.2, 0.25) is 0 Å². The van der Waals surface area contributed by atoms with Crippen LogP contribution in [-0.4, -0.2) is 33.0 Å². The molecule has 1 N–H and O–H groups in total. The van der Waals surface area contributed by atoms with Gasteiger partial charge in [0.05, 0.1) is 5.25 Å². The molecule has 0 aliphatic heterocycles. The van der Waals surface area contributed by atoms with Crippen molar-refractivity contribution in [3.05, 3.63) is 0 Å². The van der Waals surface area contributed by atoms with Crippen molar-refractivity contribution >= 4 is 9.84 Å². The third-order valence-corrected chi connectivity index (χ3v) is 4.37. The van der Waals surface area contributed by atoms with Crippen molar-refractivity contribution in [2.75, 3.05) is 13.3 Å². The zero-order chi connectivity index (χ0) is 9.19. The lowest BCUT2D eigenvalue weighted by atomic mass is 9.95. The second-order valence-corrected chi connectivity index (χ2v) is 5.92. The minimum Gasteiger partial charge on any atom is -0.317 e. The minimum atomic E-state index is -2.79.